The maximum atomic E-state index is 11.4. The topological polar surface area (TPSA) is 72.5 Å². The Morgan fingerprint density at radius 3 is 2.53 bits per heavy atom. The molecule has 15 heavy (non-hydrogen) atoms. The minimum Gasteiger partial charge on any atom is -0.469 e. The monoisotopic (exact) mass is 237 g/mol. The second-order valence-electron chi connectivity index (χ2n) is 3.43. The quantitative estimate of drug-likeness (QED) is 0.660. The van der Waals surface area contributed by atoms with Gasteiger partial charge in [0, 0.05) is 12.5 Å². The number of carbonyl (C=O) groups excluding carboxylic acids is 1. The van der Waals surface area contributed by atoms with E-state index in [0.29, 0.717) is 6.42 Å². The fourth-order valence-corrected chi connectivity index (χ4v) is 2.38. The highest BCUT2D eigenvalue weighted by atomic mass is 32.2. The largest absolute Gasteiger partial charge is 0.469 e. The van der Waals surface area contributed by atoms with Crippen LogP contribution in [0.15, 0.2) is 0 Å². The number of esters is 1. The molecule has 0 aliphatic carbocycles. The van der Waals surface area contributed by atoms with Crippen LogP contribution >= 0.6 is 0 Å². The highest BCUT2D eigenvalue weighted by Gasteiger charge is 2.13. The van der Waals surface area contributed by atoms with Crippen LogP contribution in [0.1, 0.15) is 33.1 Å². The van der Waals surface area contributed by atoms with E-state index >= 15 is 0 Å². The summed E-state index contributed by atoms with van der Waals surface area (Å²) in [5, 5.41) is 0. The first-order chi connectivity index (χ1) is 6.91. The lowest BCUT2D eigenvalue weighted by molar-refractivity contribution is -0.140. The maximum absolute atomic E-state index is 11.4. The number of hydrogen-bond acceptors (Lipinski definition) is 4. The third-order valence-corrected chi connectivity index (χ3v) is 3.60. The normalized spacial score (nSPS) is 13.5. The van der Waals surface area contributed by atoms with Crippen molar-refractivity contribution in [3.63, 3.8) is 0 Å². The Kier molecular flexibility index (Phi) is 6.51. The summed E-state index contributed by atoms with van der Waals surface area (Å²) in [4.78, 5) is 10.7. The Balaban J connectivity index is 3.90. The van der Waals surface area contributed by atoms with E-state index in [9.17, 15) is 13.2 Å². The molecule has 0 aromatic carbocycles. The summed E-state index contributed by atoms with van der Waals surface area (Å²) in [7, 11) is -1.97. The van der Waals surface area contributed by atoms with Gasteiger partial charge >= 0.3 is 5.97 Å². The number of sulfonamides is 1. The third-order valence-electron chi connectivity index (χ3n) is 2.01. The van der Waals surface area contributed by atoms with E-state index in [1.54, 1.807) is 6.92 Å². The van der Waals surface area contributed by atoms with Gasteiger partial charge in [-0.3, -0.25) is 4.79 Å². The van der Waals surface area contributed by atoms with Gasteiger partial charge in [-0.15, -0.1) is 0 Å². The van der Waals surface area contributed by atoms with Crippen molar-refractivity contribution in [2.45, 2.75) is 39.2 Å². The van der Waals surface area contributed by atoms with Crippen LogP contribution in [0, 0.1) is 0 Å². The van der Waals surface area contributed by atoms with Crippen LogP contribution in [-0.4, -0.2) is 33.3 Å². The van der Waals surface area contributed by atoms with Crippen molar-refractivity contribution in [1.29, 1.82) is 0 Å². The molecule has 0 rings (SSSR count). The van der Waals surface area contributed by atoms with Gasteiger partial charge in [0.15, 0.2) is 0 Å². The molecule has 0 aliphatic heterocycles. The number of ether oxygens (including phenoxy) is 1. The van der Waals surface area contributed by atoms with E-state index in [1.807, 2.05) is 6.92 Å². The Labute approximate surface area is 91.2 Å². The molecule has 1 unspecified atom stereocenters. The average Bonchev–Trinajstić information content (AvgIpc) is 2.16. The van der Waals surface area contributed by atoms with Crippen LogP contribution in [0.3, 0.4) is 0 Å². The first-order valence-corrected chi connectivity index (χ1v) is 6.63. The molecule has 1 N–H and O–H groups in total. The summed E-state index contributed by atoms with van der Waals surface area (Å²) in [5.41, 5.74) is 0. The smallest absolute Gasteiger partial charge is 0.305 e. The third kappa shape index (κ3) is 7.33. The predicted molar refractivity (Wildman–Crippen MR) is 57.9 cm³/mol. The van der Waals surface area contributed by atoms with Crippen molar-refractivity contribution in [3.05, 3.63) is 0 Å². The molecule has 0 saturated carbocycles. The van der Waals surface area contributed by atoms with Crippen molar-refractivity contribution >= 4 is 16.0 Å². The Morgan fingerprint density at radius 1 is 1.47 bits per heavy atom. The molecular formula is C9H19NO4S. The molecule has 0 saturated heterocycles. The molecule has 90 valence electrons. The van der Waals surface area contributed by atoms with Gasteiger partial charge < -0.3 is 4.74 Å². The average molecular weight is 237 g/mol. The molecule has 0 amide bonds. The van der Waals surface area contributed by atoms with Crippen LogP contribution in [0.2, 0.25) is 0 Å². The molecule has 0 radical (unpaired) electrons. The molecule has 0 heterocycles. The van der Waals surface area contributed by atoms with E-state index in [4.69, 9.17) is 0 Å². The zero-order valence-electron chi connectivity index (χ0n) is 9.45. The molecule has 1 atom stereocenters. The first-order valence-electron chi connectivity index (χ1n) is 4.98. The van der Waals surface area contributed by atoms with E-state index in [1.165, 1.54) is 7.11 Å². The summed E-state index contributed by atoms with van der Waals surface area (Å²) in [5.74, 6) is -0.416. The van der Waals surface area contributed by atoms with Gasteiger partial charge in [0.1, 0.15) is 0 Å². The van der Waals surface area contributed by atoms with Crippen LogP contribution < -0.4 is 4.72 Å². The number of methoxy groups -OCH3 is 1. The minimum atomic E-state index is -3.25. The molecule has 0 fully saturated rings. The Bertz CT molecular complexity index is 286. The summed E-state index contributed by atoms with van der Waals surface area (Å²) in [6.45, 7) is 3.71. The zero-order valence-corrected chi connectivity index (χ0v) is 10.3. The molecule has 0 bridgehead atoms. The zero-order chi connectivity index (χ0) is 11.9. The molecule has 6 heteroatoms. The molecule has 5 nitrogen and oxygen atoms in total. The van der Waals surface area contributed by atoms with Gasteiger partial charge in [-0.2, -0.15) is 0 Å². The number of hydrogen-bond donors (Lipinski definition) is 1. The Morgan fingerprint density at radius 2 is 2.07 bits per heavy atom. The van der Waals surface area contributed by atoms with Crippen LogP contribution in [0.25, 0.3) is 0 Å². The highest BCUT2D eigenvalue weighted by Crippen LogP contribution is 1.99. The fourth-order valence-electron chi connectivity index (χ4n) is 0.957. The minimum absolute atomic E-state index is 0.0353. The van der Waals surface area contributed by atoms with E-state index in [-0.39, 0.29) is 24.2 Å². The van der Waals surface area contributed by atoms with Gasteiger partial charge in [-0.25, -0.2) is 13.1 Å². The van der Waals surface area contributed by atoms with Gasteiger partial charge in [-0.1, -0.05) is 6.92 Å². The Hall–Kier alpha value is -0.620. The van der Waals surface area contributed by atoms with Crippen LogP contribution in [0.4, 0.5) is 0 Å². The lowest BCUT2D eigenvalue weighted by atomic mass is 10.3. The molecule has 0 spiro atoms. The van der Waals surface area contributed by atoms with Crippen LogP contribution in [0.5, 0.6) is 0 Å². The molecule has 0 aromatic rings. The lowest BCUT2D eigenvalue weighted by Gasteiger charge is -2.11. The standard InChI is InChI=1S/C9H19NO4S/c1-4-8(2)10-15(12,13)7-5-6-9(11)14-3/h8,10H,4-7H2,1-3H3. The van der Waals surface area contributed by atoms with Gasteiger partial charge in [0.2, 0.25) is 10.0 Å². The van der Waals surface area contributed by atoms with Crippen molar-refractivity contribution in [1.82, 2.24) is 4.72 Å². The molecule has 0 aromatic heterocycles. The summed E-state index contributed by atoms with van der Waals surface area (Å²) in [6, 6.07) is -0.0619. The van der Waals surface area contributed by atoms with Crippen molar-refractivity contribution in [2.75, 3.05) is 12.9 Å². The number of rotatable bonds is 7. The second-order valence-corrected chi connectivity index (χ2v) is 5.30. The highest BCUT2D eigenvalue weighted by molar-refractivity contribution is 7.89. The van der Waals surface area contributed by atoms with Crippen molar-refractivity contribution in [2.24, 2.45) is 0 Å². The second kappa shape index (κ2) is 6.79. The molecular weight excluding hydrogens is 218 g/mol. The molecule has 0 aliphatic rings. The van der Waals surface area contributed by atoms with Gasteiger partial charge in [-0.05, 0) is 19.8 Å². The summed E-state index contributed by atoms with van der Waals surface area (Å²) in [6.07, 6.45) is 1.17. The summed E-state index contributed by atoms with van der Waals surface area (Å²) >= 11 is 0. The van der Waals surface area contributed by atoms with Gasteiger partial charge in [0.05, 0.1) is 12.9 Å². The van der Waals surface area contributed by atoms with Crippen molar-refractivity contribution < 1.29 is 17.9 Å². The van der Waals surface area contributed by atoms with E-state index in [2.05, 4.69) is 9.46 Å². The first kappa shape index (κ1) is 14.4. The number of carbonyl (C=O) groups is 1. The van der Waals surface area contributed by atoms with Crippen molar-refractivity contribution in [3.8, 4) is 0 Å². The number of nitrogens with one attached hydrogen (secondary N) is 1. The fraction of sp³-hybridized carbons (Fsp3) is 0.889. The van der Waals surface area contributed by atoms with E-state index in [0.717, 1.165) is 6.42 Å². The predicted octanol–water partition coefficient (Wildman–Crippen LogP) is 0.657. The van der Waals surface area contributed by atoms with Crippen LogP contribution in [-0.2, 0) is 19.6 Å². The lowest BCUT2D eigenvalue weighted by Crippen LogP contribution is -2.34. The summed E-state index contributed by atoms with van der Waals surface area (Å²) < 4.78 is 29.7. The maximum Gasteiger partial charge on any atom is 0.305 e. The van der Waals surface area contributed by atoms with E-state index < -0.39 is 10.0 Å². The SMILES string of the molecule is CCC(C)NS(=O)(=O)CCCC(=O)OC. The van der Waals surface area contributed by atoms with Gasteiger partial charge in [0.25, 0.3) is 0 Å².